The number of ether oxygens (including phenoxy) is 1. The first-order chi connectivity index (χ1) is 14.2. The number of benzene rings is 1. The first kappa shape index (κ1) is 17.7. The van der Waals surface area contributed by atoms with Crippen LogP contribution in [-0.2, 0) is 9.53 Å². The fourth-order valence-corrected chi connectivity index (χ4v) is 4.14. The topological polar surface area (TPSA) is 100 Å². The van der Waals surface area contributed by atoms with Crippen LogP contribution in [0.1, 0.15) is 13.3 Å². The van der Waals surface area contributed by atoms with E-state index in [0.29, 0.717) is 49.1 Å². The molecule has 1 unspecified atom stereocenters. The number of nitrogens with zero attached hydrogens (tertiary/aromatic N) is 6. The van der Waals surface area contributed by atoms with E-state index < -0.39 is 5.54 Å². The molecule has 1 amide bonds. The molecule has 5 rings (SSSR count). The van der Waals surface area contributed by atoms with Gasteiger partial charge in [0.15, 0.2) is 17.3 Å². The smallest absolute Gasteiger partial charge is 0.255 e. The number of rotatable bonds is 3. The second-order valence-electron chi connectivity index (χ2n) is 7.24. The van der Waals surface area contributed by atoms with Gasteiger partial charge in [0.05, 0.1) is 19.4 Å². The lowest BCUT2D eigenvalue weighted by Gasteiger charge is -2.51. The molecule has 1 saturated heterocycles. The summed E-state index contributed by atoms with van der Waals surface area (Å²) in [5.41, 5.74) is 2.15. The Morgan fingerprint density at radius 2 is 2.00 bits per heavy atom. The number of morpholine rings is 1. The largest absolute Gasteiger partial charge is 0.377 e. The molecule has 9 heteroatoms. The zero-order valence-corrected chi connectivity index (χ0v) is 16.3. The van der Waals surface area contributed by atoms with Crippen molar-refractivity contribution in [2.75, 3.05) is 36.6 Å². The number of anilines is 2. The van der Waals surface area contributed by atoms with Crippen LogP contribution in [-0.4, -0.2) is 63.6 Å². The summed E-state index contributed by atoms with van der Waals surface area (Å²) in [5.74, 6) is 1.20. The molecule has 0 bridgehead atoms. The summed E-state index contributed by atoms with van der Waals surface area (Å²) in [5, 5.41) is 11.3. The standard InChI is InChI=1S/C20H21N7O2/c1-3-20-12-29-10-9-27(20)18-14(26(2)19(20)28)11-21-17(22-18)16-15(23-25-24-16)13-7-5-4-6-8-13/h4-8,11H,3,9-10,12H2,1-2H3,(H,23,24,25). The molecule has 29 heavy (non-hydrogen) atoms. The number of aromatic nitrogens is 5. The Morgan fingerprint density at radius 3 is 2.79 bits per heavy atom. The number of carbonyl (C=O) groups is 1. The molecule has 0 radical (unpaired) electrons. The van der Waals surface area contributed by atoms with Gasteiger partial charge in [-0.2, -0.15) is 15.4 Å². The van der Waals surface area contributed by atoms with Gasteiger partial charge in [-0.3, -0.25) is 4.79 Å². The second-order valence-corrected chi connectivity index (χ2v) is 7.24. The normalized spacial score (nSPS) is 21.1. The molecule has 3 aromatic rings. The van der Waals surface area contributed by atoms with Gasteiger partial charge >= 0.3 is 0 Å². The van der Waals surface area contributed by atoms with Gasteiger partial charge in [0.2, 0.25) is 0 Å². The number of nitrogens with one attached hydrogen (secondary N) is 1. The maximum absolute atomic E-state index is 13.1. The number of hydrogen-bond donors (Lipinski definition) is 1. The van der Waals surface area contributed by atoms with Crippen molar-refractivity contribution in [2.45, 2.75) is 18.9 Å². The van der Waals surface area contributed by atoms with E-state index in [1.807, 2.05) is 37.3 Å². The highest BCUT2D eigenvalue weighted by Gasteiger charge is 2.52. The molecule has 0 spiro atoms. The van der Waals surface area contributed by atoms with E-state index in [0.717, 1.165) is 11.4 Å². The molecule has 148 valence electrons. The Balaban J connectivity index is 1.65. The summed E-state index contributed by atoms with van der Waals surface area (Å²) >= 11 is 0. The third-order valence-electron chi connectivity index (χ3n) is 5.78. The Kier molecular flexibility index (Phi) is 4.06. The lowest BCUT2D eigenvalue weighted by atomic mass is 9.89. The van der Waals surface area contributed by atoms with Gasteiger partial charge in [0.1, 0.15) is 16.9 Å². The van der Waals surface area contributed by atoms with E-state index in [2.05, 4.69) is 25.3 Å². The average Bonchev–Trinajstić information content (AvgIpc) is 3.27. The number of hydrogen-bond acceptors (Lipinski definition) is 7. The number of amides is 1. The number of carbonyl (C=O) groups excluding carboxylic acids is 1. The van der Waals surface area contributed by atoms with E-state index in [1.165, 1.54) is 0 Å². The molecule has 1 atom stereocenters. The summed E-state index contributed by atoms with van der Waals surface area (Å²) in [6, 6.07) is 9.79. The van der Waals surface area contributed by atoms with Crippen LogP contribution in [0.25, 0.3) is 22.8 Å². The van der Waals surface area contributed by atoms with Gasteiger partial charge in [0, 0.05) is 19.2 Å². The van der Waals surface area contributed by atoms with Crippen LogP contribution in [0.2, 0.25) is 0 Å². The van der Waals surface area contributed by atoms with E-state index in [1.54, 1.807) is 18.1 Å². The summed E-state index contributed by atoms with van der Waals surface area (Å²) in [4.78, 5) is 26.2. The minimum Gasteiger partial charge on any atom is -0.377 e. The zero-order chi connectivity index (χ0) is 20.0. The molecule has 1 N–H and O–H groups in total. The van der Waals surface area contributed by atoms with Crippen LogP contribution in [0.5, 0.6) is 0 Å². The van der Waals surface area contributed by atoms with E-state index in [9.17, 15) is 4.79 Å². The summed E-state index contributed by atoms with van der Waals surface area (Å²) in [6.07, 6.45) is 2.32. The maximum Gasteiger partial charge on any atom is 0.255 e. The van der Waals surface area contributed by atoms with Crippen LogP contribution < -0.4 is 9.80 Å². The Hall–Kier alpha value is -3.33. The summed E-state index contributed by atoms with van der Waals surface area (Å²) in [7, 11) is 1.76. The maximum atomic E-state index is 13.1. The molecular weight excluding hydrogens is 370 g/mol. The van der Waals surface area contributed by atoms with Crippen LogP contribution in [0.3, 0.4) is 0 Å². The molecule has 1 aromatic carbocycles. The van der Waals surface area contributed by atoms with Crippen LogP contribution in [0.15, 0.2) is 36.5 Å². The van der Waals surface area contributed by atoms with Gasteiger partial charge in [-0.05, 0) is 6.42 Å². The van der Waals surface area contributed by atoms with E-state index >= 15 is 0 Å². The van der Waals surface area contributed by atoms with Crippen molar-refractivity contribution in [2.24, 2.45) is 0 Å². The number of aromatic amines is 1. The van der Waals surface area contributed by atoms with Crippen molar-refractivity contribution >= 4 is 17.4 Å². The molecule has 2 aliphatic heterocycles. The minimum atomic E-state index is -0.738. The monoisotopic (exact) mass is 391 g/mol. The third kappa shape index (κ3) is 2.54. The quantitative estimate of drug-likeness (QED) is 0.728. The van der Waals surface area contributed by atoms with Gasteiger partial charge in [0.25, 0.3) is 5.91 Å². The second kappa shape index (κ2) is 6.63. The molecule has 2 aromatic heterocycles. The van der Waals surface area contributed by atoms with Crippen molar-refractivity contribution in [3.63, 3.8) is 0 Å². The first-order valence-electron chi connectivity index (χ1n) is 9.63. The van der Waals surface area contributed by atoms with Crippen LogP contribution in [0, 0.1) is 0 Å². The lowest BCUT2D eigenvalue weighted by Crippen LogP contribution is -2.68. The minimum absolute atomic E-state index is 0.00922. The highest BCUT2D eigenvalue weighted by Crippen LogP contribution is 2.42. The predicted octanol–water partition coefficient (Wildman–Crippen LogP) is 1.89. The molecular formula is C20H21N7O2. The highest BCUT2D eigenvalue weighted by atomic mass is 16.5. The number of H-pyrrole nitrogens is 1. The van der Waals surface area contributed by atoms with Gasteiger partial charge < -0.3 is 14.5 Å². The van der Waals surface area contributed by atoms with Gasteiger partial charge in [-0.25, -0.2) is 9.97 Å². The molecule has 4 heterocycles. The SMILES string of the molecule is CCC12COCCN1c1nc(-c3n[nH]nc3-c3ccccc3)ncc1N(C)C2=O. The van der Waals surface area contributed by atoms with E-state index in [-0.39, 0.29) is 5.91 Å². The summed E-state index contributed by atoms with van der Waals surface area (Å²) < 4.78 is 5.69. The first-order valence-corrected chi connectivity index (χ1v) is 9.63. The molecule has 2 aliphatic rings. The van der Waals surface area contributed by atoms with Crippen molar-refractivity contribution in [1.82, 2.24) is 25.4 Å². The molecule has 0 saturated carbocycles. The third-order valence-corrected chi connectivity index (χ3v) is 5.78. The molecule has 9 nitrogen and oxygen atoms in total. The van der Waals surface area contributed by atoms with Gasteiger partial charge in [-0.15, -0.1) is 0 Å². The molecule has 1 fully saturated rings. The van der Waals surface area contributed by atoms with Crippen molar-refractivity contribution in [3.8, 4) is 22.8 Å². The van der Waals surface area contributed by atoms with Crippen molar-refractivity contribution < 1.29 is 9.53 Å². The Bertz CT molecular complexity index is 1070. The highest BCUT2D eigenvalue weighted by molar-refractivity contribution is 6.07. The predicted molar refractivity (Wildman–Crippen MR) is 107 cm³/mol. The zero-order valence-electron chi connectivity index (χ0n) is 16.3. The van der Waals surface area contributed by atoms with Crippen molar-refractivity contribution in [3.05, 3.63) is 36.5 Å². The average molecular weight is 391 g/mol. The fraction of sp³-hybridized carbons (Fsp3) is 0.350. The van der Waals surface area contributed by atoms with Crippen LogP contribution in [0.4, 0.5) is 11.5 Å². The number of fused-ring (bicyclic) bond motifs is 3. The van der Waals surface area contributed by atoms with Crippen LogP contribution >= 0.6 is 0 Å². The lowest BCUT2D eigenvalue weighted by molar-refractivity contribution is -0.128. The van der Waals surface area contributed by atoms with Crippen molar-refractivity contribution in [1.29, 1.82) is 0 Å². The molecule has 0 aliphatic carbocycles. The number of likely N-dealkylation sites (N-methyl/N-ethyl adjacent to an activating group) is 1. The summed E-state index contributed by atoms with van der Waals surface area (Å²) in [6.45, 7) is 3.51. The van der Waals surface area contributed by atoms with E-state index in [4.69, 9.17) is 9.72 Å². The fourth-order valence-electron chi connectivity index (χ4n) is 4.14. The Morgan fingerprint density at radius 1 is 1.21 bits per heavy atom. The Labute approximate surface area is 167 Å². The van der Waals surface area contributed by atoms with Gasteiger partial charge in [-0.1, -0.05) is 37.3 Å².